The molecule has 3 nitrogen and oxygen atoms in total. The summed E-state index contributed by atoms with van der Waals surface area (Å²) >= 11 is 0. The normalized spacial score (nSPS) is 17.0. The van der Waals surface area contributed by atoms with Gasteiger partial charge in [0, 0.05) is 38.8 Å². The van der Waals surface area contributed by atoms with Crippen molar-refractivity contribution in [2.24, 2.45) is 0 Å². The molecule has 3 aliphatic heterocycles. The maximum atomic E-state index is 6.66. The molecule has 0 atom stereocenters. The summed E-state index contributed by atoms with van der Waals surface area (Å²) in [5.74, 6) is 1.81. The highest BCUT2D eigenvalue weighted by Gasteiger charge is 2.50. The molecule has 0 saturated carbocycles. The summed E-state index contributed by atoms with van der Waals surface area (Å²) in [6.07, 6.45) is 6.99. The van der Waals surface area contributed by atoms with E-state index in [0.717, 1.165) is 35.7 Å². The number of anilines is 3. The van der Waals surface area contributed by atoms with Gasteiger partial charge in [-0.25, -0.2) is 0 Å². The van der Waals surface area contributed by atoms with Gasteiger partial charge in [-0.05, 0) is 81.9 Å². The van der Waals surface area contributed by atoms with E-state index in [4.69, 9.17) is 4.74 Å². The Labute approximate surface area is 262 Å². The van der Waals surface area contributed by atoms with Crippen LogP contribution in [-0.2, 0) is 5.41 Å². The molecule has 45 heavy (non-hydrogen) atoms. The number of fused-ring (bicyclic) bond motifs is 10. The first kappa shape index (κ1) is 24.1. The maximum Gasteiger partial charge on any atom is 0.333 e. The second-order valence-corrected chi connectivity index (χ2v) is 13.6. The van der Waals surface area contributed by atoms with Crippen LogP contribution in [-0.4, -0.2) is 11.3 Å². The molecule has 212 valence electrons. The molecule has 4 heteroatoms. The second kappa shape index (κ2) is 8.08. The molecule has 6 aromatic rings. The van der Waals surface area contributed by atoms with Crippen molar-refractivity contribution in [2.75, 3.05) is 4.90 Å². The Hall–Kier alpha value is -5.22. The van der Waals surface area contributed by atoms with Gasteiger partial charge in [-0.3, -0.25) is 0 Å². The van der Waals surface area contributed by atoms with E-state index in [2.05, 4.69) is 139 Å². The van der Waals surface area contributed by atoms with E-state index >= 15 is 0 Å². The number of ether oxygens (including phenoxy) is 1. The fourth-order valence-electron chi connectivity index (χ4n) is 9.25. The molecule has 0 fully saturated rings. The fourth-order valence-corrected chi connectivity index (χ4v) is 9.25. The van der Waals surface area contributed by atoms with Crippen molar-refractivity contribution >= 4 is 51.3 Å². The number of allylic oxidation sites excluding steroid dienone is 4. The van der Waals surface area contributed by atoms with Crippen molar-refractivity contribution in [3.05, 3.63) is 132 Å². The molecule has 0 unspecified atom stereocenters. The molecule has 5 aromatic carbocycles. The average Bonchev–Trinajstić information content (AvgIpc) is 3.55. The van der Waals surface area contributed by atoms with Gasteiger partial charge in [-0.1, -0.05) is 98.8 Å². The standard InChI is InChI=1S/C41H29BN2O/c1-41(2)30-17-7-6-14-27(30)36-28-16-10-15-26-29-22-25(24-12-4-3-5-13-24)23-33-37(29)42(44(38(26)28)40(36)41)31-18-11-21-35-39(31)43(33)32-19-8-9-20-34(32)45-35/h3-5,7-13,15-23H,6,14H2,1-2H3. The summed E-state index contributed by atoms with van der Waals surface area (Å²) in [7, 11) is 0. The van der Waals surface area contributed by atoms with Gasteiger partial charge in [0.2, 0.25) is 0 Å². The molecular formula is C41H29BN2O. The lowest BCUT2D eigenvalue weighted by atomic mass is 9.44. The topological polar surface area (TPSA) is 17.4 Å². The van der Waals surface area contributed by atoms with E-state index in [-0.39, 0.29) is 12.3 Å². The summed E-state index contributed by atoms with van der Waals surface area (Å²) < 4.78 is 9.41. The lowest BCUT2D eigenvalue weighted by molar-refractivity contribution is 0.477. The highest BCUT2D eigenvalue weighted by Crippen LogP contribution is 2.58. The zero-order valence-electron chi connectivity index (χ0n) is 25.3. The number of para-hydroxylation sites is 4. The summed E-state index contributed by atoms with van der Waals surface area (Å²) in [5.41, 5.74) is 18.5. The predicted octanol–water partition coefficient (Wildman–Crippen LogP) is 9.23. The Morgan fingerprint density at radius 3 is 2.49 bits per heavy atom. The fraction of sp³-hybridized carbons (Fsp3) is 0.122. The van der Waals surface area contributed by atoms with Crippen molar-refractivity contribution in [2.45, 2.75) is 32.1 Å². The maximum absolute atomic E-state index is 6.66. The van der Waals surface area contributed by atoms with Gasteiger partial charge in [-0.15, -0.1) is 0 Å². The van der Waals surface area contributed by atoms with Crippen LogP contribution in [0.15, 0.2) is 121 Å². The van der Waals surface area contributed by atoms with Crippen molar-refractivity contribution in [3.63, 3.8) is 0 Å². The molecule has 1 aromatic heterocycles. The Balaban J connectivity index is 1.33. The van der Waals surface area contributed by atoms with Crippen LogP contribution in [0, 0.1) is 0 Å². The molecule has 0 amide bonds. The highest BCUT2D eigenvalue weighted by molar-refractivity contribution is 6.89. The zero-order chi connectivity index (χ0) is 29.6. The van der Waals surface area contributed by atoms with Gasteiger partial charge in [0.05, 0.1) is 11.4 Å². The summed E-state index contributed by atoms with van der Waals surface area (Å²) in [5, 5.41) is 1.39. The highest BCUT2D eigenvalue weighted by atomic mass is 16.5. The molecule has 2 aliphatic carbocycles. The minimum absolute atomic E-state index is 0.0330. The van der Waals surface area contributed by atoms with E-state index < -0.39 is 0 Å². The van der Waals surface area contributed by atoms with Crippen LogP contribution in [0.3, 0.4) is 0 Å². The molecule has 5 aliphatic rings. The van der Waals surface area contributed by atoms with Gasteiger partial charge in [-0.2, -0.15) is 0 Å². The molecule has 0 bridgehead atoms. The number of aromatic nitrogens is 1. The third-order valence-electron chi connectivity index (χ3n) is 11.0. The lowest BCUT2D eigenvalue weighted by Gasteiger charge is -2.44. The van der Waals surface area contributed by atoms with Crippen molar-refractivity contribution in [3.8, 4) is 33.8 Å². The number of nitrogens with zero attached hydrogens (tertiary/aromatic N) is 2. The first-order valence-corrected chi connectivity index (χ1v) is 16.1. The van der Waals surface area contributed by atoms with Crippen molar-refractivity contribution in [1.29, 1.82) is 0 Å². The minimum Gasteiger partial charge on any atom is -0.453 e. The summed E-state index contributed by atoms with van der Waals surface area (Å²) in [4.78, 5) is 2.48. The van der Waals surface area contributed by atoms with Gasteiger partial charge in [0.25, 0.3) is 0 Å². The lowest BCUT2D eigenvalue weighted by Crippen LogP contribution is -2.58. The smallest absolute Gasteiger partial charge is 0.333 e. The van der Waals surface area contributed by atoms with Crippen LogP contribution in [0.1, 0.15) is 37.9 Å². The Kier molecular flexibility index (Phi) is 4.34. The van der Waals surface area contributed by atoms with E-state index in [1.807, 2.05) is 0 Å². The van der Waals surface area contributed by atoms with Crippen LogP contribution in [0.25, 0.3) is 38.7 Å². The summed E-state index contributed by atoms with van der Waals surface area (Å²) in [6, 6.07) is 37.9. The van der Waals surface area contributed by atoms with Gasteiger partial charge in [0.1, 0.15) is 0 Å². The van der Waals surface area contributed by atoms with Crippen LogP contribution in [0.4, 0.5) is 17.1 Å². The molecule has 0 N–H and O–H groups in total. The molecule has 0 radical (unpaired) electrons. The number of hydrogen-bond donors (Lipinski definition) is 0. The van der Waals surface area contributed by atoms with Crippen LogP contribution in [0.2, 0.25) is 0 Å². The molecular weight excluding hydrogens is 547 g/mol. The predicted molar refractivity (Wildman–Crippen MR) is 186 cm³/mol. The molecule has 0 spiro atoms. The van der Waals surface area contributed by atoms with Gasteiger partial charge >= 0.3 is 6.85 Å². The quantitative estimate of drug-likeness (QED) is 0.181. The third kappa shape index (κ3) is 2.80. The molecule has 0 saturated heterocycles. The average molecular weight is 577 g/mol. The largest absolute Gasteiger partial charge is 0.453 e. The Morgan fingerprint density at radius 1 is 0.756 bits per heavy atom. The first-order valence-electron chi connectivity index (χ1n) is 16.1. The van der Waals surface area contributed by atoms with E-state index in [0.29, 0.717) is 0 Å². The van der Waals surface area contributed by atoms with Crippen LogP contribution in [0.5, 0.6) is 11.5 Å². The van der Waals surface area contributed by atoms with Gasteiger partial charge in [0.15, 0.2) is 11.5 Å². The van der Waals surface area contributed by atoms with E-state index in [1.54, 1.807) is 5.57 Å². The first-order chi connectivity index (χ1) is 22.1. The molecule has 11 rings (SSSR count). The van der Waals surface area contributed by atoms with Gasteiger partial charge < -0.3 is 14.1 Å². The number of hydrogen-bond acceptors (Lipinski definition) is 2. The van der Waals surface area contributed by atoms with E-state index in [1.165, 1.54) is 66.6 Å². The van der Waals surface area contributed by atoms with Crippen molar-refractivity contribution < 1.29 is 4.74 Å². The second-order valence-electron chi connectivity index (χ2n) is 13.6. The number of rotatable bonds is 1. The SMILES string of the molecule is CC1(C)C2=C(CCC=C2)c2c1n1c3c(cccc23)-c2cc(-c3ccccc3)cc3c2B1c1cccc2c1N3c1ccccc1O2. The minimum atomic E-state index is -0.103. The van der Waals surface area contributed by atoms with Crippen LogP contribution >= 0.6 is 0 Å². The molecule has 4 heterocycles. The van der Waals surface area contributed by atoms with E-state index in [9.17, 15) is 0 Å². The Morgan fingerprint density at radius 2 is 1.58 bits per heavy atom. The summed E-state index contributed by atoms with van der Waals surface area (Å²) in [6.45, 7) is 4.91. The zero-order valence-corrected chi connectivity index (χ0v) is 25.3. The van der Waals surface area contributed by atoms with Crippen molar-refractivity contribution in [1.82, 2.24) is 4.48 Å². The Bertz CT molecular complexity index is 2390. The van der Waals surface area contributed by atoms with Crippen LogP contribution < -0.4 is 20.6 Å². The number of benzene rings is 5. The third-order valence-corrected chi connectivity index (χ3v) is 11.0. The monoisotopic (exact) mass is 576 g/mol.